The molecule has 136 valence electrons. The molecule has 5 nitrogen and oxygen atoms in total. The van der Waals surface area contributed by atoms with Gasteiger partial charge >= 0.3 is 0 Å². The monoisotopic (exact) mass is 342 g/mol. The van der Waals surface area contributed by atoms with E-state index in [2.05, 4.69) is 33.6 Å². The third-order valence-electron chi connectivity index (χ3n) is 6.07. The zero-order valence-corrected chi connectivity index (χ0v) is 15.6. The van der Waals surface area contributed by atoms with Gasteiger partial charge in [0.1, 0.15) is 5.82 Å². The lowest BCUT2D eigenvalue weighted by molar-refractivity contribution is -0.140. The van der Waals surface area contributed by atoms with Crippen molar-refractivity contribution in [1.29, 1.82) is 0 Å². The second kappa shape index (κ2) is 6.67. The van der Waals surface area contributed by atoms with E-state index in [1.54, 1.807) is 0 Å². The number of aromatic nitrogens is 2. The van der Waals surface area contributed by atoms with Gasteiger partial charge in [0.2, 0.25) is 5.91 Å². The molecule has 1 aromatic rings. The normalized spacial score (nSPS) is 28.1. The fraction of sp³-hybridized carbons (Fsp3) is 0.750. The van der Waals surface area contributed by atoms with Crippen LogP contribution in [0.15, 0.2) is 12.4 Å². The van der Waals surface area contributed by atoms with Crippen molar-refractivity contribution in [2.75, 3.05) is 19.6 Å². The molecule has 1 saturated carbocycles. The Hall–Kier alpha value is -1.49. The number of piperidine rings is 2. The lowest BCUT2D eigenvalue weighted by Crippen LogP contribution is -2.54. The van der Waals surface area contributed by atoms with Gasteiger partial charge < -0.3 is 4.90 Å². The molecule has 1 amide bonds. The van der Waals surface area contributed by atoms with E-state index in [1.807, 2.05) is 12.4 Å². The molecule has 4 rings (SSSR count). The van der Waals surface area contributed by atoms with E-state index < -0.39 is 0 Å². The Kier molecular flexibility index (Phi) is 4.52. The molecular formula is C20H30N4O. The van der Waals surface area contributed by atoms with E-state index in [4.69, 9.17) is 0 Å². The third-order valence-corrected chi connectivity index (χ3v) is 6.07. The van der Waals surface area contributed by atoms with Crippen molar-refractivity contribution in [2.45, 2.75) is 70.9 Å². The predicted molar refractivity (Wildman–Crippen MR) is 97.0 cm³/mol. The molecule has 2 saturated heterocycles. The summed E-state index contributed by atoms with van der Waals surface area (Å²) >= 11 is 0. The van der Waals surface area contributed by atoms with Crippen LogP contribution in [0.2, 0.25) is 0 Å². The van der Waals surface area contributed by atoms with Crippen LogP contribution >= 0.6 is 0 Å². The van der Waals surface area contributed by atoms with Crippen LogP contribution in [-0.2, 0) is 11.3 Å². The fourth-order valence-corrected chi connectivity index (χ4v) is 4.54. The standard InChI is InChI=1S/C20H30N4O/c1-15(2)19-21-10-16(11-22-19)12-23-9-3-7-20(13-23)8-6-18(25)24(14-20)17-4-5-17/h10-11,15,17H,3-9,12-14H2,1-2H3. The third kappa shape index (κ3) is 3.71. The first-order chi connectivity index (χ1) is 12.0. The van der Waals surface area contributed by atoms with Crippen molar-refractivity contribution in [2.24, 2.45) is 5.41 Å². The fourth-order valence-electron chi connectivity index (χ4n) is 4.54. The van der Waals surface area contributed by atoms with Crippen molar-refractivity contribution in [3.63, 3.8) is 0 Å². The summed E-state index contributed by atoms with van der Waals surface area (Å²) < 4.78 is 0. The molecule has 0 bridgehead atoms. The Morgan fingerprint density at radius 3 is 2.64 bits per heavy atom. The first kappa shape index (κ1) is 17.0. The number of carbonyl (C=O) groups is 1. The van der Waals surface area contributed by atoms with E-state index in [-0.39, 0.29) is 0 Å². The minimum atomic E-state index is 0.313. The van der Waals surface area contributed by atoms with Crippen molar-refractivity contribution in [1.82, 2.24) is 19.8 Å². The zero-order chi connectivity index (χ0) is 17.4. The molecule has 25 heavy (non-hydrogen) atoms. The van der Waals surface area contributed by atoms with E-state index in [0.717, 1.165) is 44.8 Å². The molecule has 1 aromatic heterocycles. The summed E-state index contributed by atoms with van der Waals surface area (Å²) in [7, 11) is 0. The van der Waals surface area contributed by atoms with E-state index in [0.29, 0.717) is 23.3 Å². The molecule has 1 aliphatic carbocycles. The average molecular weight is 342 g/mol. The van der Waals surface area contributed by atoms with Crippen LogP contribution < -0.4 is 0 Å². The zero-order valence-electron chi connectivity index (χ0n) is 15.6. The van der Waals surface area contributed by atoms with Gasteiger partial charge in [-0.05, 0) is 38.6 Å². The Morgan fingerprint density at radius 1 is 1.20 bits per heavy atom. The van der Waals surface area contributed by atoms with E-state index in [9.17, 15) is 4.79 Å². The van der Waals surface area contributed by atoms with Crippen LogP contribution in [0.4, 0.5) is 0 Å². The topological polar surface area (TPSA) is 49.3 Å². The van der Waals surface area contributed by atoms with Crippen LogP contribution in [0.1, 0.15) is 69.7 Å². The maximum Gasteiger partial charge on any atom is 0.222 e. The predicted octanol–water partition coefficient (Wildman–Crippen LogP) is 2.97. The Morgan fingerprint density at radius 2 is 1.96 bits per heavy atom. The highest BCUT2D eigenvalue weighted by molar-refractivity contribution is 5.78. The van der Waals surface area contributed by atoms with Gasteiger partial charge in [-0.3, -0.25) is 9.69 Å². The molecule has 1 spiro atoms. The number of rotatable bonds is 4. The molecule has 3 heterocycles. The highest BCUT2D eigenvalue weighted by Gasteiger charge is 2.45. The number of carbonyl (C=O) groups excluding carboxylic acids is 1. The van der Waals surface area contributed by atoms with Gasteiger partial charge in [0, 0.05) is 61.4 Å². The molecule has 3 fully saturated rings. The summed E-state index contributed by atoms with van der Waals surface area (Å²) in [5, 5.41) is 0. The Balaban J connectivity index is 1.41. The van der Waals surface area contributed by atoms with Crippen LogP contribution in [0.25, 0.3) is 0 Å². The largest absolute Gasteiger partial charge is 0.339 e. The second-order valence-electron chi connectivity index (χ2n) is 8.67. The average Bonchev–Trinajstić information content (AvgIpc) is 3.43. The van der Waals surface area contributed by atoms with Crippen molar-refractivity contribution >= 4 is 5.91 Å². The Labute approximate surface area is 150 Å². The van der Waals surface area contributed by atoms with Gasteiger partial charge in [0.05, 0.1) is 0 Å². The maximum absolute atomic E-state index is 12.3. The quantitative estimate of drug-likeness (QED) is 0.844. The van der Waals surface area contributed by atoms with Crippen LogP contribution in [0, 0.1) is 5.41 Å². The lowest BCUT2D eigenvalue weighted by Gasteiger charge is -2.48. The first-order valence-electron chi connectivity index (χ1n) is 9.87. The summed E-state index contributed by atoms with van der Waals surface area (Å²) in [6.45, 7) is 8.41. The van der Waals surface area contributed by atoms with Gasteiger partial charge in [0.15, 0.2) is 0 Å². The van der Waals surface area contributed by atoms with Crippen molar-refractivity contribution < 1.29 is 4.79 Å². The maximum atomic E-state index is 12.3. The molecule has 3 aliphatic rings. The molecule has 5 heteroatoms. The molecule has 2 aliphatic heterocycles. The molecule has 0 radical (unpaired) electrons. The van der Waals surface area contributed by atoms with Gasteiger partial charge in [-0.25, -0.2) is 9.97 Å². The number of hydrogen-bond acceptors (Lipinski definition) is 4. The number of likely N-dealkylation sites (tertiary alicyclic amines) is 2. The summed E-state index contributed by atoms with van der Waals surface area (Å²) in [6, 6.07) is 0.553. The minimum Gasteiger partial charge on any atom is -0.339 e. The van der Waals surface area contributed by atoms with Crippen molar-refractivity contribution in [3.8, 4) is 0 Å². The summed E-state index contributed by atoms with van der Waals surface area (Å²) in [4.78, 5) is 26.0. The number of nitrogens with zero attached hydrogens (tertiary/aromatic N) is 4. The molecule has 0 aromatic carbocycles. The van der Waals surface area contributed by atoms with Gasteiger partial charge in [0.25, 0.3) is 0 Å². The highest BCUT2D eigenvalue weighted by Crippen LogP contribution is 2.42. The van der Waals surface area contributed by atoms with Gasteiger partial charge in [-0.2, -0.15) is 0 Å². The minimum absolute atomic E-state index is 0.313. The van der Waals surface area contributed by atoms with Crippen LogP contribution in [0.3, 0.4) is 0 Å². The Bertz CT molecular complexity index is 625. The number of hydrogen-bond donors (Lipinski definition) is 0. The molecular weight excluding hydrogens is 312 g/mol. The van der Waals surface area contributed by atoms with Gasteiger partial charge in [-0.1, -0.05) is 13.8 Å². The van der Waals surface area contributed by atoms with Gasteiger partial charge in [-0.15, -0.1) is 0 Å². The number of amides is 1. The highest BCUT2D eigenvalue weighted by atomic mass is 16.2. The van der Waals surface area contributed by atoms with Crippen LogP contribution in [0.5, 0.6) is 0 Å². The first-order valence-corrected chi connectivity index (χ1v) is 9.87. The summed E-state index contributed by atoms with van der Waals surface area (Å²) in [6.07, 6.45) is 10.7. The SMILES string of the molecule is CC(C)c1ncc(CN2CCCC3(CCC(=O)N(C4CC4)C3)C2)cn1. The summed E-state index contributed by atoms with van der Waals surface area (Å²) in [5.41, 5.74) is 1.51. The van der Waals surface area contributed by atoms with Crippen molar-refractivity contribution in [3.05, 3.63) is 23.8 Å². The summed E-state index contributed by atoms with van der Waals surface area (Å²) in [5.74, 6) is 1.69. The smallest absolute Gasteiger partial charge is 0.222 e. The second-order valence-corrected chi connectivity index (χ2v) is 8.67. The van der Waals surface area contributed by atoms with E-state index >= 15 is 0 Å². The molecule has 0 N–H and O–H groups in total. The van der Waals surface area contributed by atoms with E-state index in [1.165, 1.54) is 31.2 Å². The van der Waals surface area contributed by atoms with Crippen LogP contribution in [-0.4, -0.2) is 51.4 Å². The molecule has 1 unspecified atom stereocenters. The molecule has 1 atom stereocenters. The lowest BCUT2D eigenvalue weighted by atomic mass is 9.73.